The third-order valence-corrected chi connectivity index (χ3v) is 7.72. The molecule has 1 aliphatic rings. The molecule has 166 valence electrons. The minimum absolute atomic E-state index is 0.171. The number of sulfonamides is 1. The molecule has 5 nitrogen and oxygen atoms in total. The van der Waals surface area contributed by atoms with Gasteiger partial charge in [0.1, 0.15) is 5.82 Å². The summed E-state index contributed by atoms with van der Waals surface area (Å²) in [6.45, 7) is 3.86. The molecule has 0 fully saturated rings. The summed E-state index contributed by atoms with van der Waals surface area (Å²) in [5.41, 5.74) is 3.88. The van der Waals surface area contributed by atoms with Crippen LogP contribution in [-0.4, -0.2) is 19.6 Å². The Kier molecular flexibility index (Phi) is 6.17. The maximum Gasteiger partial charge on any atom is 0.264 e. The number of hydrogen-bond acceptors (Lipinski definition) is 3. The lowest BCUT2D eigenvalue weighted by Gasteiger charge is -2.36. The molecule has 0 spiro atoms. The van der Waals surface area contributed by atoms with Crippen molar-refractivity contribution in [3.63, 3.8) is 0 Å². The normalized spacial score (nSPS) is 15.7. The Hall–Kier alpha value is -2.97. The van der Waals surface area contributed by atoms with E-state index in [-0.39, 0.29) is 16.8 Å². The van der Waals surface area contributed by atoms with E-state index in [0.717, 1.165) is 11.3 Å². The molecule has 0 unspecified atom stereocenters. The third kappa shape index (κ3) is 4.47. The van der Waals surface area contributed by atoms with Gasteiger partial charge in [0.25, 0.3) is 10.0 Å². The van der Waals surface area contributed by atoms with Gasteiger partial charge in [-0.05, 0) is 98.6 Å². The molecule has 0 bridgehead atoms. The lowest BCUT2D eigenvalue weighted by molar-refractivity contribution is 0.560. The number of benzene rings is 3. The van der Waals surface area contributed by atoms with E-state index in [4.69, 9.17) is 12.2 Å². The van der Waals surface area contributed by atoms with Crippen molar-refractivity contribution in [2.75, 3.05) is 14.9 Å². The topological polar surface area (TPSA) is 61.4 Å². The Morgan fingerprint density at radius 1 is 1.06 bits per heavy atom. The number of rotatable bonds is 4. The van der Waals surface area contributed by atoms with Gasteiger partial charge in [0.2, 0.25) is 0 Å². The van der Waals surface area contributed by atoms with Gasteiger partial charge >= 0.3 is 0 Å². The van der Waals surface area contributed by atoms with E-state index in [1.54, 1.807) is 30.3 Å². The maximum absolute atomic E-state index is 13.7. The van der Waals surface area contributed by atoms with Crippen molar-refractivity contribution in [2.45, 2.75) is 37.6 Å². The second-order valence-corrected chi connectivity index (χ2v) is 10.1. The summed E-state index contributed by atoms with van der Waals surface area (Å²) in [6, 6.07) is 18.3. The summed E-state index contributed by atoms with van der Waals surface area (Å²) in [5.74, 6) is -0.360. The zero-order chi connectivity index (χ0) is 22.9. The highest BCUT2D eigenvalue weighted by Crippen LogP contribution is 2.36. The number of nitrogens with one attached hydrogen (secondary N) is 2. The van der Waals surface area contributed by atoms with Crippen LogP contribution < -0.4 is 14.9 Å². The Labute approximate surface area is 193 Å². The van der Waals surface area contributed by atoms with Gasteiger partial charge in [0.05, 0.1) is 10.6 Å². The van der Waals surface area contributed by atoms with Crippen molar-refractivity contribution in [1.29, 1.82) is 0 Å². The molecule has 3 aromatic carbocycles. The van der Waals surface area contributed by atoms with Crippen LogP contribution in [0.4, 0.5) is 21.5 Å². The summed E-state index contributed by atoms with van der Waals surface area (Å²) in [5, 5.41) is 6.63. The second-order valence-electron chi connectivity index (χ2n) is 7.88. The summed E-state index contributed by atoms with van der Waals surface area (Å²) >= 11 is 5.38. The molecule has 3 aromatic rings. The number of fused-ring (bicyclic) bond motifs is 1. The van der Waals surface area contributed by atoms with Gasteiger partial charge in [0.15, 0.2) is 5.11 Å². The van der Waals surface area contributed by atoms with E-state index >= 15 is 0 Å². The first kappa shape index (κ1) is 22.2. The van der Waals surface area contributed by atoms with Crippen LogP contribution in [0, 0.1) is 12.7 Å². The number of para-hydroxylation sites is 1. The Bertz CT molecular complexity index is 1260. The number of aryl methyl sites for hydroxylation is 2. The molecule has 1 heterocycles. The maximum atomic E-state index is 13.7. The number of nitrogens with zero attached hydrogens (tertiary/aromatic N) is 1. The van der Waals surface area contributed by atoms with E-state index < -0.39 is 10.0 Å². The van der Waals surface area contributed by atoms with Crippen LogP contribution in [0.1, 0.15) is 24.5 Å². The fourth-order valence-corrected chi connectivity index (χ4v) is 5.83. The van der Waals surface area contributed by atoms with Crippen molar-refractivity contribution in [2.24, 2.45) is 0 Å². The number of hydrogen-bond donors (Lipinski definition) is 2. The Morgan fingerprint density at radius 2 is 1.78 bits per heavy atom. The van der Waals surface area contributed by atoms with Crippen molar-refractivity contribution in [3.8, 4) is 0 Å². The Balaban J connectivity index is 1.54. The van der Waals surface area contributed by atoms with Gasteiger partial charge in [-0.15, -0.1) is 0 Å². The molecule has 0 aliphatic carbocycles. The monoisotopic (exact) mass is 469 g/mol. The minimum atomic E-state index is -3.80. The summed E-state index contributed by atoms with van der Waals surface area (Å²) < 4.78 is 41.9. The summed E-state index contributed by atoms with van der Waals surface area (Å²) in [7, 11) is -3.80. The first-order chi connectivity index (χ1) is 15.3. The van der Waals surface area contributed by atoms with Gasteiger partial charge in [-0.3, -0.25) is 4.31 Å². The predicted molar refractivity (Wildman–Crippen MR) is 131 cm³/mol. The van der Waals surface area contributed by atoms with Crippen LogP contribution in [0.2, 0.25) is 0 Å². The van der Waals surface area contributed by atoms with E-state index in [2.05, 4.69) is 10.6 Å². The molecular weight excluding hydrogens is 445 g/mol. The molecule has 0 aromatic heterocycles. The average molecular weight is 470 g/mol. The standard InChI is InChI=1S/C24H24FN3O2S2/c1-16-5-3-4-6-22(16)27-24(31)26-20-10-12-21(13-11-20)32(29,30)28-17(2)7-8-18-15-19(25)9-14-23(18)28/h3-6,9-15,17H,7-8H2,1-2H3,(H2,26,27,31)/t17-/m1/s1. The van der Waals surface area contributed by atoms with Crippen molar-refractivity contribution < 1.29 is 12.8 Å². The molecule has 1 atom stereocenters. The molecule has 0 saturated heterocycles. The van der Waals surface area contributed by atoms with Crippen LogP contribution in [-0.2, 0) is 16.4 Å². The van der Waals surface area contributed by atoms with Gasteiger partial charge in [0, 0.05) is 17.4 Å². The minimum Gasteiger partial charge on any atom is -0.332 e. The fraction of sp³-hybridized carbons (Fsp3) is 0.208. The van der Waals surface area contributed by atoms with E-state index in [1.807, 2.05) is 38.1 Å². The molecular formula is C24H24FN3O2S2. The summed E-state index contributed by atoms with van der Waals surface area (Å²) in [4.78, 5) is 0.171. The van der Waals surface area contributed by atoms with E-state index in [9.17, 15) is 12.8 Å². The number of anilines is 3. The first-order valence-electron chi connectivity index (χ1n) is 10.3. The molecule has 4 rings (SSSR count). The highest BCUT2D eigenvalue weighted by atomic mass is 32.2. The fourth-order valence-electron chi connectivity index (χ4n) is 3.88. The molecule has 32 heavy (non-hydrogen) atoms. The summed E-state index contributed by atoms with van der Waals surface area (Å²) in [6.07, 6.45) is 1.28. The van der Waals surface area contributed by atoms with Crippen molar-refractivity contribution >= 4 is 44.4 Å². The molecule has 0 radical (unpaired) electrons. The number of halogens is 1. The smallest absolute Gasteiger partial charge is 0.264 e. The molecule has 0 saturated carbocycles. The van der Waals surface area contributed by atoms with Crippen LogP contribution in [0.25, 0.3) is 0 Å². The molecule has 8 heteroatoms. The van der Waals surface area contributed by atoms with E-state index in [0.29, 0.717) is 34.9 Å². The zero-order valence-corrected chi connectivity index (χ0v) is 19.4. The van der Waals surface area contributed by atoms with Gasteiger partial charge in [-0.2, -0.15) is 0 Å². The van der Waals surface area contributed by atoms with E-state index in [1.165, 1.54) is 16.4 Å². The van der Waals surface area contributed by atoms with Gasteiger partial charge in [-0.25, -0.2) is 12.8 Å². The SMILES string of the molecule is Cc1ccccc1NC(=S)Nc1ccc(S(=O)(=O)N2c3ccc(F)cc3CC[C@H]2C)cc1. The third-order valence-electron chi connectivity index (χ3n) is 5.57. The lowest BCUT2D eigenvalue weighted by atomic mass is 9.99. The highest BCUT2D eigenvalue weighted by molar-refractivity contribution is 7.92. The largest absolute Gasteiger partial charge is 0.332 e. The zero-order valence-electron chi connectivity index (χ0n) is 17.8. The molecule has 1 aliphatic heterocycles. The number of thiocarbonyl (C=S) groups is 1. The molecule has 0 amide bonds. The van der Waals surface area contributed by atoms with Gasteiger partial charge < -0.3 is 10.6 Å². The quantitative estimate of drug-likeness (QED) is 0.496. The van der Waals surface area contributed by atoms with Gasteiger partial charge in [-0.1, -0.05) is 18.2 Å². The van der Waals surface area contributed by atoms with Crippen LogP contribution in [0.15, 0.2) is 71.6 Å². The predicted octanol–water partition coefficient (Wildman–Crippen LogP) is 5.47. The van der Waals surface area contributed by atoms with Crippen LogP contribution in [0.5, 0.6) is 0 Å². The average Bonchev–Trinajstić information content (AvgIpc) is 2.75. The highest BCUT2D eigenvalue weighted by Gasteiger charge is 2.33. The van der Waals surface area contributed by atoms with Crippen molar-refractivity contribution in [1.82, 2.24) is 0 Å². The molecule has 2 N–H and O–H groups in total. The van der Waals surface area contributed by atoms with Crippen molar-refractivity contribution in [3.05, 3.63) is 83.7 Å². The lowest BCUT2D eigenvalue weighted by Crippen LogP contribution is -2.42. The van der Waals surface area contributed by atoms with Crippen LogP contribution >= 0.6 is 12.2 Å². The first-order valence-corrected chi connectivity index (χ1v) is 12.2. The van der Waals surface area contributed by atoms with Crippen LogP contribution in [0.3, 0.4) is 0 Å². The Morgan fingerprint density at radius 3 is 2.50 bits per heavy atom. The second kappa shape index (κ2) is 8.88.